The van der Waals surface area contributed by atoms with Gasteiger partial charge in [0.2, 0.25) is 5.91 Å². The molecule has 0 radical (unpaired) electrons. The summed E-state index contributed by atoms with van der Waals surface area (Å²) in [6, 6.07) is 0.373. The zero-order valence-electron chi connectivity index (χ0n) is 13.2. The lowest BCUT2D eigenvalue weighted by molar-refractivity contribution is -0.120. The van der Waals surface area contributed by atoms with Gasteiger partial charge in [0, 0.05) is 26.7 Å². The van der Waals surface area contributed by atoms with Crippen LogP contribution in [-0.2, 0) is 4.79 Å². The molecule has 1 rings (SSSR count). The minimum atomic E-state index is 0.0712. The first-order valence-corrected chi connectivity index (χ1v) is 7.88. The maximum absolute atomic E-state index is 11.9. The second-order valence-electron chi connectivity index (χ2n) is 5.58. The van der Waals surface area contributed by atoms with E-state index in [0.717, 1.165) is 38.2 Å². The predicted octanol–water partition coefficient (Wildman–Crippen LogP) is 1.74. The molecule has 0 aromatic carbocycles. The third kappa shape index (κ3) is 6.26. The fourth-order valence-corrected chi connectivity index (χ4v) is 2.57. The van der Waals surface area contributed by atoms with E-state index < -0.39 is 0 Å². The van der Waals surface area contributed by atoms with Crippen LogP contribution in [-0.4, -0.2) is 50.0 Å². The van der Waals surface area contributed by atoms with Gasteiger partial charge < -0.3 is 15.5 Å². The van der Waals surface area contributed by atoms with E-state index in [2.05, 4.69) is 27.4 Å². The Morgan fingerprint density at radius 1 is 1.30 bits per heavy atom. The molecule has 1 fully saturated rings. The molecular weight excluding hydrogens is 252 g/mol. The van der Waals surface area contributed by atoms with Gasteiger partial charge in [0.1, 0.15) is 0 Å². The second-order valence-corrected chi connectivity index (χ2v) is 5.58. The number of hydrogen-bond acceptors (Lipinski definition) is 2. The van der Waals surface area contributed by atoms with Gasteiger partial charge in [0.05, 0.1) is 6.54 Å². The average molecular weight is 282 g/mol. The summed E-state index contributed by atoms with van der Waals surface area (Å²) in [4.78, 5) is 18.2. The third-order valence-corrected chi connectivity index (χ3v) is 3.80. The number of guanidine groups is 1. The maximum Gasteiger partial charge on any atom is 0.239 e. The van der Waals surface area contributed by atoms with Gasteiger partial charge in [0.25, 0.3) is 0 Å². The number of amides is 1. The number of nitrogens with zero attached hydrogens (tertiary/aromatic N) is 2. The van der Waals surface area contributed by atoms with Crippen LogP contribution in [0.4, 0.5) is 0 Å². The Kier molecular flexibility index (Phi) is 8.07. The highest BCUT2D eigenvalue weighted by Gasteiger charge is 2.16. The predicted molar refractivity (Wildman–Crippen MR) is 83.9 cm³/mol. The molecule has 0 saturated heterocycles. The Morgan fingerprint density at radius 2 is 2.00 bits per heavy atom. The summed E-state index contributed by atoms with van der Waals surface area (Å²) in [5.74, 6) is 0.860. The summed E-state index contributed by atoms with van der Waals surface area (Å²) in [7, 11) is 3.76. The van der Waals surface area contributed by atoms with Crippen LogP contribution in [0.3, 0.4) is 0 Å². The Labute approximate surface area is 123 Å². The number of carbonyl (C=O) groups excluding carboxylic acids is 1. The molecule has 116 valence electrons. The molecule has 0 heterocycles. The van der Waals surface area contributed by atoms with Crippen LogP contribution in [0.2, 0.25) is 0 Å². The third-order valence-electron chi connectivity index (χ3n) is 3.80. The molecule has 1 aliphatic carbocycles. The minimum Gasteiger partial charge on any atom is -0.352 e. The topological polar surface area (TPSA) is 56.7 Å². The van der Waals surface area contributed by atoms with Gasteiger partial charge in [-0.3, -0.25) is 9.79 Å². The van der Waals surface area contributed by atoms with Gasteiger partial charge in [0.15, 0.2) is 5.96 Å². The maximum atomic E-state index is 11.9. The van der Waals surface area contributed by atoms with E-state index in [-0.39, 0.29) is 5.91 Å². The molecule has 1 saturated carbocycles. The molecular formula is C15H30N4O. The molecule has 5 heteroatoms. The summed E-state index contributed by atoms with van der Waals surface area (Å²) in [6.07, 6.45) is 8.31. The van der Waals surface area contributed by atoms with Crippen LogP contribution in [0.25, 0.3) is 0 Å². The van der Waals surface area contributed by atoms with Crippen LogP contribution in [0.1, 0.15) is 51.9 Å². The number of carbonyl (C=O) groups is 1. The van der Waals surface area contributed by atoms with Crippen LogP contribution in [0, 0.1) is 0 Å². The fraction of sp³-hybridized carbons (Fsp3) is 0.867. The Morgan fingerprint density at radius 3 is 2.60 bits per heavy atom. The first kappa shape index (κ1) is 16.8. The molecule has 0 spiro atoms. The van der Waals surface area contributed by atoms with Crippen molar-refractivity contribution in [3.05, 3.63) is 0 Å². The zero-order chi connectivity index (χ0) is 14.8. The van der Waals surface area contributed by atoms with E-state index in [1.54, 1.807) is 7.05 Å². The Balaban J connectivity index is 2.26. The number of hydrogen-bond donors (Lipinski definition) is 2. The Bertz CT molecular complexity index is 311. The van der Waals surface area contributed by atoms with Crippen molar-refractivity contribution in [2.24, 2.45) is 4.99 Å². The molecule has 20 heavy (non-hydrogen) atoms. The lowest BCUT2D eigenvalue weighted by atomic mass is 9.95. The standard InChI is InChI=1S/C15H30N4O/c1-4-5-11-19(3)15(16-2)17-12-14(20)18-13-9-7-6-8-10-13/h13H,4-12H2,1-3H3,(H,16,17)(H,18,20). The van der Waals surface area contributed by atoms with Crippen LogP contribution < -0.4 is 10.6 Å². The molecule has 5 nitrogen and oxygen atoms in total. The van der Waals surface area contributed by atoms with E-state index >= 15 is 0 Å². The summed E-state index contributed by atoms with van der Waals surface area (Å²) in [6.45, 7) is 3.43. The van der Waals surface area contributed by atoms with Crippen LogP contribution in [0.15, 0.2) is 4.99 Å². The van der Waals surface area contributed by atoms with E-state index in [0.29, 0.717) is 12.6 Å². The molecule has 0 atom stereocenters. The SMILES string of the molecule is CCCCN(C)C(=NC)NCC(=O)NC1CCCCC1. The molecule has 0 bridgehead atoms. The van der Waals surface area contributed by atoms with E-state index in [1.165, 1.54) is 19.3 Å². The first-order valence-electron chi connectivity index (χ1n) is 7.88. The largest absolute Gasteiger partial charge is 0.352 e. The summed E-state index contributed by atoms with van der Waals surface area (Å²) >= 11 is 0. The second kappa shape index (κ2) is 9.61. The number of aliphatic imine (C=N–C) groups is 1. The van der Waals surface area contributed by atoms with Crippen molar-refractivity contribution in [2.75, 3.05) is 27.2 Å². The van der Waals surface area contributed by atoms with Crippen molar-refractivity contribution in [3.8, 4) is 0 Å². The van der Waals surface area contributed by atoms with Crippen LogP contribution in [0.5, 0.6) is 0 Å². The Hall–Kier alpha value is -1.26. The van der Waals surface area contributed by atoms with E-state index in [1.807, 2.05) is 7.05 Å². The van der Waals surface area contributed by atoms with Crippen molar-refractivity contribution >= 4 is 11.9 Å². The highest BCUT2D eigenvalue weighted by Crippen LogP contribution is 2.17. The summed E-state index contributed by atoms with van der Waals surface area (Å²) in [5.41, 5.74) is 0. The summed E-state index contributed by atoms with van der Waals surface area (Å²) < 4.78 is 0. The van der Waals surface area contributed by atoms with Crippen molar-refractivity contribution < 1.29 is 4.79 Å². The van der Waals surface area contributed by atoms with Gasteiger partial charge in [-0.1, -0.05) is 32.6 Å². The monoisotopic (exact) mass is 282 g/mol. The number of unbranched alkanes of at least 4 members (excludes halogenated alkanes) is 1. The van der Waals surface area contributed by atoms with Gasteiger partial charge in [-0.15, -0.1) is 0 Å². The lowest BCUT2D eigenvalue weighted by Crippen LogP contribution is -2.46. The lowest BCUT2D eigenvalue weighted by Gasteiger charge is -2.24. The highest BCUT2D eigenvalue weighted by molar-refractivity contribution is 5.86. The van der Waals surface area contributed by atoms with Crippen molar-refractivity contribution in [1.29, 1.82) is 0 Å². The smallest absolute Gasteiger partial charge is 0.239 e. The van der Waals surface area contributed by atoms with Crippen molar-refractivity contribution in [1.82, 2.24) is 15.5 Å². The molecule has 1 amide bonds. The van der Waals surface area contributed by atoms with Crippen LogP contribution >= 0.6 is 0 Å². The van der Waals surface area contributed by atoms with Gasteiger partial charge in [-0.25, -0.2) is 0 Å². The highest BCUT2D eigenvalue weighted by atomic mass is 16.2. The minimum absolute atomic E-state index is 0.0712. The molecule has 2 N–H and O–H groups in total. The first-order chi connectivity index (χ1) is 9.67. The van der Waals surface area contributed by atoms with Gasteiger partial charge >= 0.3 is 0 Å². The number of rotatable bonds is 6. The molecule has 1 aliphatic rings. The van der Waals surface area contributed by atoms with Gasteiger partial charge in [-0.2, -0.15) is 0 Å². The molecule has 0 unspecified atom stereocenters. The molecule has 0 aromatic heterocycles. The quantitative estimate of drug-likeness (QED) is 0.576. The number of nitrogens with one attached hydrogen (secondary N) is 2. The molecule has 0 aromatic rings. The normalized spacial score (nSPS) is 16.9. The van der Waals surface area contributed by atoms with Crippen molar-refractivity contribution in [3.63, 3.8) is 0 Å². The van der Waals surface area contributed by atoms with E-state index in [9.17, 15) is 4.79 Å². The summed E-state index contributed by atoms with van der Waals surface area (Å²) in [5, 5.41) is 6.24. The van der Waals surface area contributed by atoms with Crippen molar-refractivity contribution in [2.45, 2.75) is 57.9 Å². The molecule has 0 aliphatic heterocycles. The van der Waals surface area contributed by atoms with E-state index in [4.69, 9.17) is 0 Å². The zero-order valence-corrected chi connectivity index (χ0v) is 13.2. The van der Waals surface area contributed by atoms with Gasteiger partial charge in [-0.05, 0) is 19.3 Å². The fourth-order valence-electron chi connectivity index (χ4n) is 2.57. The average Bonchev–Trinajstić information content (AvgIpc) is 2.46.